The molecule has 0 amide bonds. The Morgan fingerprint density at radius 3 is 2.43 bits per heavy atom. The number of phenolic OH excluding ortho intramolecular Hbond substituents is 1. The molecule has 3 nitrogen and oxygen atoms in total. The molecule has 0 unspecified atom stereocenters. The minimum atomic E-state index is 0.219. The van der Waals surface area contributed by atoms with Crippen molar-refractivity contribution < 1.29 is 5.11 Å². The first-order chi connectivity index (χ1) is 6.68. The molecule has 72 valence electrons. The Hall–Kier alpha value is -1.000. The van der Waals surface area contributed by atoms with Gasteiger partial charge in [-0.15, -0.1) is 0 Å². The standard InChI is InChI=1S/C9H6BrClN2O/c10-8-5-12-13(9(8)11)6-1-3-7(14)4-2-6/h1-5,14H. The van der Waals surface area contributed by atoms with Crippen LogP contribution in [0.3, 0.4) is 0 Å². The molecule has 0 fully saturated rings. The third-order valence-corrected chi connectivity index (χ3v) is 2.94. The van der Waals surface area contributed by atoms with Crippen LogP contribution in [-0.4, -0.2) is 14.9 Å². The molecule has 0 aliphatic rings. The van der Waals surface area contributed by atoms with Crippen LogP contribution in [0.2, 0.25) is 5.15 Å². The highest BCUT2D eigenvalue weighted by molar-refractivity contribution is 9.10. The van der Waals surface area contributed by atoms with Crippen molar-refractivity contribution in [2.24, 2.45) is 0 Å². The lowest BCUT2D eigenvalue weighted by Crippen LogP contribution is -1.94. The summed E-state index contributed by atoms with van der Waals surface area (Å²) in [5.41, 5.74) is 0.804. The summed E-state index contributed by atoms with van der Waals surface area (Å²) >= 11 is 9.24. The predicted octanol–water partition coefficient (Wildman–Crippen LogP) is 2.99. The molecule has 14 heavy (non-hydrogen) atoms. The number of aromatic hydroxyl groups is 1. The molecule has 0 spiro atoms. The van der Waals surface area contributed by atoms with Crippen LogP contribution >= 0.6 is 27.5 Å². The van der Waals surface area contributed by atoms with Crippen LogP contribution in [0.4, 0.5) is 0 Å². The summed E-state index contributed by atoms with van der Waals surface area (Å²) < 4.78 is 2.32. The first kappa shape index (κ1) is 9.55. The lowest BCUT2D eigenvalue weighted by atomic mass is 10.3. The van der Waals surface area contributed by atoms with Gasteiger partial charge in [0.05, 0.1) is 16.4 Å². The average Bonchev–Trinajstić information content (AvgIpc) is 2.50. The largest absolute Gasteiger partial charge is 0.508 e. The highest BCUT2D eigenvalue weighted by Crippen LogP contribution is 2.25. The molecule has 0 saturated heterocycles. The van der Waals surface area contributed by atoms with Gasteiger partial charge >= 0.3 is 0 Å². The van der Waals surface area contributed by atoms with E-state index in [1.807, 2.05) is 0 Å². The minimum Gasteiger partial charge on any atom is -0.508 e. The van der Waals surface area contributed by atoms with Crippen molar-refractivity contribution in [3.05, 3.63) is 40.1 Å². The molecule has 2 aromatic rings. The molecule has 0 bridgehead atoms. The zero-order valence-electron chi connectivity index (χ0n) is 6.98. The van der Waals surface area contributed by atoms with Crippen molar-refractivity contribution in [3.8, 4) is 11.4 Å². The first-order valence-electron chi connectivity index (χ1n) is 3.87. The fraction of sp³-hybridized carbons (Fsp3) is 0. The molecule has 5 heteroatoms. The maximum Gasteiger partial charge on any atom is 0.147 e. The van der Waals surface area contributed by atoms with Gasteiger partial charge in [-0.2, -0.15) is 5.10 Å². The zero-order valence-corrected chi connectivity index (χ0v) is 9.33. The lowest BCUT2D eigenvalue weighted by molar-refractivity contribution is 0.475. The summed E-state index contributed by atoms with van der Waals surface area (Å²) in [7, 11) is 0. The van der Waals surface area contributed by atoms with Crippen molar-refractivity contribution in [3.63, 3.8) is 0 Å². The second kappa shape index (κ2) is 3.63. The number of halogens is 2. The Kier molecular flexibility index (Phi) is 2.48. The fourth-order valence-electron chi connectivity index (χ4n) is 1.09. The lowest BCUT2D eigenvalue weighted by Gasteiger charge is -2.02. The van der Waals surface area contributed by atoms with Gasteiger partial charge in [-0.1, -0.05) is 11.6 Å². The molecule has 1 heterocycles. The van der Waals surface area contributed by atoms with Crippen LogP contribution in [0.25, 0.3) is 5.69 Å². The van der Waals surface area contributed by atoms with Crippen LogP contribution in [0, 0.1) is 0 Å². The second-order valence-corrected chi connectivity index (χ2v) is 3.92. The molecule has 0 aliphatic heterocycles. The number of aromatic nitrogens is 2. The Morgan fingerprint density at radius 1 is 1.29 bits per heavy atom. The molecule has 0 radical (unpaired) electrons. The van der Waals surface area contributed by atoms with E-state index in [0.29, 0.717) is 5.15 Å². The molecule has 2 rings (SSSR count). The first-order valence-corrected chi connectivity index (χ1v) is 5.04. The van der Waals surface area contributed by atoms with Gasteiger partial charge in [0.15, 0.2) is 0 Å². The smallest absolute Gasteiger partial charge is 0.147 e. The van der Waals surface area contributed by atoms with Crippen molar-refractivity contribution in [1.82, 2.24) is 9.78 Å². The summed E-state index contributed by atoms with van der Waals surface area (Å²) in [6, 6.07) is 6.64. The van der Waals surface area contributed by atoms with E-state index < -0.39 is 0 Å². The normalized spacial score (nSPS) is 10.4. The highest BCUT2D eigenvalue weighted by atomic mass is 79.9. The molecule has 0 aliphatic carbocycles. The minimum absolute atomic E-state index is 0.219. The van der Waals surface area contributed by atoms with Crippen molar-refractivity contribution in [2.45, 2.75) is 0 Å². The Balaban J connectivity index is 2.49. The van der Waals surface area contributed by atoms with Gasteiger partial charge in [0.25, 0.3) is 0 Å². The van der Waals surface area contributed by atoms with Crippen molar-refractivity contribution in [2.75, 3.05) is 0 Å². The summed E-state index contributed by atoms with van der Waals surface area (Å²) in [6.45, 7) is 0. The number of rotatable bonds is 1. The topological polar surface area (TPSA) is 38.0 Å². The van der Waals surface area contributed by atoms with Crippen molar-refractivity contribution in [1.29, 1.82) is 0 Å². The van der Waals surface area contributed by atoms with Gasteiger partial charge in [-0.05, 0) is 40.2 Å². The van der Waals surface area contributed by atoms with Crippen LogP contribution in [0.15, 0.2) is 34.9 Å². The number of hydrogen-bond donors (Lipinski definition) is 1. The maximum atomic E-state index is 9.11. The van der Waals surface area contributed by atoms with Gasteiger partial charge in [0, 0.05) is 0 Å². The molecule has 0 saturated carbocycles. The second-order valence-electron chi connectivity index (χ2n) is 2.71. The molecular formula is C9H6BrClN2O. The quantitative estimate of drug-likeness (QED) is 0.867. The Labute approximate surface area is 94.1 Å². The average molecular weight is 274 g/mol. The monoisotopic (exact) mass is 272 g/mol. The molecule has 0 atom stereocenters. The van der Waals surface area contributed by atoms with Crippen LogP contribution in [0.5, 0.6) is 5.75 Å². The highest BCUT2D eigenvalue weighted by Gasteiger charge is 2.06. The number of hydrogen-bond acceptors (Lipinski definition) is 2. The summed E-state index contributed by atoms with van der Waals surface area (Å²) in [6.07, 6.45) is 1.62. The van der Waals surface area contributed by atoms with Gasteiger partial charge in [-0.25, -0.2) is 4.68 Å². The van der Waals surface area contributed by atoms with Crippen LogP contribution in [-0.2, 0) is 0 Å². The van der Waals surface area contributed by atoms with E-state index in [4.69, 9.17) is 16.7 Å². The van der Waals surface area contributed by atoms with Gasteiger partial charge < -0.3 is 5.11 Å². The zero-order chi connectivity index (χ0) is 10.1. The van der Waals surface area contributed by atoms with Crippen LogP contribution in [0.1, 0.15) is 0 Å². The van der Waals surface area contributed by atoms with E-state index in [0.717, 1.165) is 10.2 Å². The van der Waals surface area contributed by atoms with E-state index in [9.17, 15) is 0 Å². The van der Waals surface area contributed by atoms with Gasteiger partial charge in [-0.3, -0.25) is 0 Å². The molecule has 1 aromatic carbocycles. The SMILES string of the molecule is Oc1ccc(-n2ncc(Br)c2Cl)cc1. The number of phenols is 1. The third kappa shape index (κ3) is 1.63. The van der Waals surface area contributed by atoms with E-state index in [2.05, 4.69) is 21.0 Å². The van der Waals surface area contributed by atoms with E-state index in [-0.39, 0.29) is 5.75 Å². The number of nitrogens with zero attached hydrogens (tertiary/aromatic N) is 2. The van der Waals surface area contributed by atoms with E-state index >= 15 is 0 Å². The van der Waals surface area contributed by atoms with E-state index in [1.165, 1.54) is 0 Å². The fourth-order valence-corrected chi connectivity index (χ4v) is 1.54. The Bertz CT molecular complexity index is 452. The molecule has 1 aromatic heterocycles. The summed E-state index contributed by atoms with van der Waals surface area (Å²) in [5.74, 6) is 0.219. The molecule has 1 N–H and O–H groups in total. The van der Waals surface area contributed by atoms with Crippen molar-refractivity contribution >= 4 is 27.5 Å². The van der Waals surface area contributed by atoms with Gasteiger partial charge in [0.1, 0.15) is 10.9 Å². The predicted molar refractivity (Wildman–Crippen MR) is 57.9 cm³/mol. The molecular weight excluding hydrogens is 267 g/mol. The summed E-state index contributed by atoms with van der Waals surface area (Å²) in [5, 5.41) is 13.7. The van der Waals surface area contributed by atoms with E-state index in [1.54, 1.807) is 35.1 Å². The number of benzene rings is 1. The van der Waals surface area contributed by atoms with Gasteiger partial charge in [0.2, 0.25) is 0 Å². The maximum absolute atomic E-state index is 9.11. The Morgan fingerprint density at radius 2 is 1.93 bits per heavy atom. The third-order valence-electron chi connectivity index (χ3n) is 1.76. The van der Waals surface area contributed by atoms with Crippen LogP contribution < -0.4 is 0 Å². The summed E-state index contributed by atoms with van der Waals surface area (Å²) in [4.78, 5) is 0.